The van der Waals surface area contributed by atoms with Crippen molar-refractivity contribution in [1.82, 2.24) is 5.32 Å². The topological polar surface area (TPSA) is 66.4 Å². The molecule has 0 aromatic carbocycles. The van der Waals surface area contributed by atoms with Crippen LogP contribution in [0.4, 0.5) is 0 Å². The molecule has 2 aliphatic carbocycles. The van der Waals surface area contributed by atoms with Crippen LogP contribution in [0.3, 0.4) is 0 Å². The molecule has 2 N–H and O–H groups in total. The second-order valence-electron chi connectivity index (χ2n) is 5.08. The number of carboxylic acid groups (broad SMARTS) is 1. The molecule has 2 rings (SSSR count). The predicted octanol–water partition coefficient (Wildman–Crippen LogP) is 1.86. The third-order valence-corrected chi connectivity index (χ3v) is 3.86. The minimum absolute atomic E-state index is 0.0619. The number of allylic oxidation sites excluding steroid dienone is 2. The highest BCUT2D eigenvalue weighted by atomic mass is 16.4. The first kappa shape index (κ1) is 12.1. The van der Waals surface area contributed by atoms with Crippen molar-refractivity contribution in [2.45, 2.75) is 50.5 Å². The number of carbonyl (C=O) groups is 2. The number of hydrogen-bond acceptors (Lipinski definition) is 2. The van der Waals surface area contributed by atoms with Crippen molar-refractivity contribution in [2.24, 2.45) is 5.92 Å². The van der Waals surface area contributed by atoms with Crippen LogP contribution in [0.25, 0.3) is 0 Å². The van der Waals surface area contributed by atoms with Gasteiger partial charge in [-0.15, -0.1) is 0 Å². The largest absolute Gasteiger partial charge is 0.480 e. The third kappa shape index (κ3) is 2.51. The van der Waals surface area contributed by atoms with Crippen LogP contribution in [0.15, 0.2) is 12.2 Å². The van der Waals surface area contributed by atoms with E-state index in [0.29, 0.717) is 12.8 Å². The fourth-order valence-corrected chi connectivity index (χ4v) is 2.72. The van der Waals surface area contributed by atoms with Gasteiger partial charge in [0.05, 0.1) is 0 Å². The average Bonchev–Trinajstić information content (AvgIpc) is 2.83. The molecule has 0 unspecified atom stereocenters. The quantitative estimate of drug-likeness (QED) is 0.736. The number of nitrogens with one attached hydrogen (secondary N) is 1. The smallest absolute Gasteiger partial charge is 0.329 e. The lowest BCUT2D eigenvalue weighted by Gasteiger charge is -2.34. The van der Waals surface area contributed by atoms with Gasteiger partial charge in [0.25, 0.3) is 0 Å². The maximum absolute atomic E-state index is 12.0. The third-order valence-electron chi connectivity index (χ3n) is 3.86. The number of carbonyl (C=O) groups excluding carboxylic acids is 1. The van der Waals surface area contributed by atoms with Crippen molar-refractivity contribution in [1.29, 1.82) is 0 Å². The first-order valence-corrected chi connectivity index (χ1v) is 6.34. The number of rotatable bonds is 3. The van der Waals surface area contributed by atoms with Crippen LogP contribution in [-0.2, 0) is 9.59 Å². The molecular weight excluding hydrogens is 218 g/mol. The summed E-state index contributed by atoms with van der Waals surface area (Å²) in [5.74, 6) is -1.04. The van der Waals surface area contributed by atoms with Crippen molar-refractivity contribution in [3.05, 3.63) is 12.2 Å². The highest BCUT2D eigenvalue weighted by molar-refractivity contribution is 5.88. The molecule has 2 aliphatic rings. The summed E-state index contributed by atoms with van der Waals surface area (Å²) < 4.78 is 0. The van der Waals surface area contributed by atoms with Gasteiger partial charge in [-0.2, -0.15) is 0 Å². The number of hydrogen-bond donors (Lipinski definition) is 2. The first-order valence-electron chi connectivity index (χ1n) is 6.34. The van der Waals surface area contributed by atoms with E-state index in [4.69, 9.17) is 0 Å². The molecule has 0 aromatic heterocycles. The molecule has 0 bridgehead atoms. The molecule has 0 aromatic rings. The molecule has 4 heteroatoms. The molecule has 1 saturated carbocycles. The minimum Gasteiger partial charge on any atom is -0.480 e. The van der Waals surface area contributed by atoms with Crippen molar-refractivity contribution < 1.29 is 14.7 Å². The fraction of sp³-hybridized carbons (Fsp3) is 0.692. The van der Waals surface area contributed by atoms with E-state index in [-0.39, 0.29) is 11.8 Å². The molecule has 0 heterocycles. The molecule has 1 fully saturated rings. The Bertz CT molecular complexity index is 335. The van der Waals surface area contributed by atoms with Gasteiger partial charge in [-0.05, 0) is 25.7 Å². The summed E-state index contributed by atoms with van der Waals surface area (Å²) in [6.45, 7) is 0. The van der Waals surface area contributed by atoms with Gasteiger partial charge in [0, 0.05) is 5.92 Å². The van der Waals surface area contributed by atoms with Gasteiger partial charge in [0.1, 0.15) is 5.54 Å². The molecule has 0 spiro atoms. The maximum Gasteiger partial charge on any atom is 0.329 e. The first-order chi connectivity index (χ1) is 8.14. The average molecular weight is 237 g/mol. The monoisotopic (exact) mass is 237 g/mol. The van der Waals surface area contributed by atoms with E-state index >= 15 is 0 Å². The van der Waals surface area contributed by atoms with Crippen molar-refractivity contribution in [3.8, 4) is 0 Å². The van der Waals surface area contributed by atoms with Crippen LogP contribution in [0.5, 0.6) is 0 Å². The Kier molecular flexibility index (Phi) is 3.50. The number of aliphatic carboxylic acids is 1. The SMILES string of the molecule is O=C(NC1(C(=O)O)CCCCC1)C1CC=CC1. The molecule has 4 nitrogen and oxygen atoms in total. The molecule has 0 saturated heterocycles. The van der Waals surface area contributed by atoms with Crippen LogP contribution in [0.1, 0.15) is 44.9 Å². The van der Waals surface area contributed by atoms with Crippen molar-refractivity contribution in [3.63, 3.8) is 0 Å². The second-order valence-corrected chi connectivity index (χ2v) is 5.08. The van der Waals surface area contributed by atoms with Gasteiger partial charge in [-0.1, -0.05) is 31.4 Å². The summed E-state index contributed by atoms with van der Waals surface area (Å²) in [5.41, 5.74) is -1.00. The van der Waals surface area contributed by atoms with Gasteiger partial charge in [0.2, 0.25) is 5.91 Å². The zero-order valence-electron chi connectivity index (χ0n) is 9.95. The molecular formula is C13H19NO3. The van der Waals surface area contributed by atoms with Gasteiger partial charge in [-0.3, -0.25) is 4.79 Å². The predicted molar refractivity (Wildman–Crippen MR) is 63.5 cm³/mol. The van der Waals surface area contributed by atoms with Gasteiger partial charge in [0.15, 0.2) is 0 Å². The van der Waals surface area contributed by atoms with Gasteiger partial charge in [-0.25, -0.2) is 4.79 Å². The molecule has 0 atom stereocenters. The fourth-order valence-electron chi connectivity index (χ4n) is 2.72. The van der Waals surface area contributed by atoms with E-state index in [0.717, 1.165) is 32.1 Å². The zero-order valence-corrected chi connectivity index (χ0v) is 9.95. The molecule has 0 radical (unpaired) electrons. The Morgan fingerprint density at radius 2 is 1.71 bits per heavy atom. The highest BCUT2D eigenvalue weighted by Crippen LogP contribution is 2.29. The lowest BCUT2D eigenvalue weighted by Crippen LogP contribution is -2.56. The van der Waals surface area contributed by atoms with Crippen LogP contribution in [-0.4, -0.2) is 22.5 Å². The van der Waals surface area contributed by atoms with Crippen LogP contribution < -0.4 is 5.32 Å². The van der Waals surface area contributed by atoms with E-state index in [1.807, 2.05) is 12.2 Å². The number of amides is 1. The Balaban J connectivity index is 2.02. The normalized spacial score (nSPS) is 23.5. The summed E-state index contributed by atoms with van der Waals surface area (Å²) >= 11 is 0. The lowest BCUT2D eigenvalue weighted by molar-refractivity contribution is -0.150. The summed E-state index contributed by atoms with van der Waals surface area (Å²) in [6, 6.07) is 0. The Morgan fingerprint density at radius 3 is 2.24 bits per heavy atom. The molecule has 1 amide bonds. The second kappa shape index (κ2) is 4.90. The van der Waals surface area contributed by atoms with Gasteiger partial charge >= 0.3 is 5.97 Å². The van der Waals surface area contributed by atoms with Gasteiger partial charge < -0.3 is 10.4 Å². The molecule has 0 aliphatic heterocycles. The summed E-state index contributed by atoms with van der Waals surface area (Å²) in [7, 11) is 0. The van der Waals surface area contributed by atoms with E-state index in [1.165, 1.54) is 0 Å². The summed E-state index contributed by atoms with van der Waals surface area (Å²) in [4.78, 5) is 23.4. The Labute approximate surface area is 101 Å². The molecule has 94 valence electrons. The minimum atomic E-state index is -1.00. The summed E-state index contributed by atoms with van der Waals surface area (Å²) in [6.07, 6.45) is 9.41. The molecule has 17 heavy (non-hydrogen) atoms. The maximum atomic E-state index is 12.0. The van der Waals surface area contributed by atoms with Crippen LogP contribution in [0, 0.1) is 5.92 Å². The van der Waals surface area contributed by atoms with E-state index in [9.17, 15) is 14.7 Å². The van der Waals surface area contributed by atoms with Crippen molar-refractivity contribution >= 4 is 11.9 Å². The van der Waals surface area contributed by atoms with E-state index < -0.39 is 11.5 Å². The highest BCUT2D eigenvalue weighted by Gasteiger charge is 2.41. The van der Waals surface area contributed by atoms with E-state index in [1.54, 1.807) is 0 Å². The Morgan fingerprint density at radius 1 is 1.12 bits per heavy atom. The number of carboxylic acids is 1. The standard InChI is InChI=1S/C13H19NO3/c15-11(10-6-2-3-7-10)14-13(12(16)17)8-4-1-5-9-13/h2-3,10H,1,4-9H2,(H,14,15)(H,16,17). The zero-order chi connectivity index (χ0) is 12.3. The van der Waals surface area contributed by atoms with Crippen molar-refractivity contribution in [2.75, 3.05) is 0 Å². The Hall–Kier alpha value is -1.32. The van der Waals surface area contributed by atoms with Crippen LogP contribution >= 0.6 is 0 Å². The lowest BCUT2D eigenvalue weighted by atomic mass is 9.81. The summed E-state index contributed by atoms with van der Waals surface area (Å²) in [5, 5.41) is 12.1. The van der Waals surface area contributed by atoms with E-state index in [2.05, 4.69) is 5.32 Å². The van der Waals surface area contributed by atoms with Crippen LogP contribution in [0.2, 0.25) is 0 Å².